The van der Waals surface area contributed by atoms with Crippen molar-refractivity contribution in [2.45, 2.75) is 51.6 Å². The maximum absolute atomic E-state index is 10.7. The van der Waals surface area contributed by atoms with Crippen LogP contribution in [0.1, 0.15) is 57.1 Å². The van der Waals surface area contributed by atoms with Gasteiger partial charge in [-0.3, -0.25) is 9.69 Å². The third-order valence-electron chi connectivity index (χ3n) is 4.56. The number of benzene rings is 1. The number of morpholine rings is 1. The molecule has 0 radical (unpaired) electrons. The molecule has 1 heterocycles. The lowest BCUT2D eigenvalue weighted by molar-refractivity contribution is -0.137. The fourth-order valence-corrected chi connectivity index (χ4v) is 3.04. The van der Waals surface area contributed by atoms with Crippen molar-refractivity contribution < 1.29 is 19.4 Å². The molecule has 0 unspecified atom stereocenters. The first-order valence-electron chi connectivity index (χ1n) is 9.47. The lowest BCUT2D eigenvalue weighted by Crippen LogP contribution is -2.39. The van der Waals surface area contributed by atoms with Crippen LogP contribution in [0.3, 0.4) is 0 Å². The number of ether oxygens (including phenoxy) is 2. The zero-order chi connectivity index (χ0) is 17.9. The van der Waals surface area contributed by atoms with Crippen LogP contribution in [0.2, 0.25) is 0 Å². The molecule has 1 N–H and O–H groups in total. The Morgan fingerprint density at radius 3 is 2.72 bits per heavy atom. The summed E-state index contributed by atoms with van der Waals surface area (Å²) in [5.74, 6) is 0.150. The Morgan fingerprint density at radius 1 is 1.24 bits per heavy atom. The standard InChI is InChI=1S/C20H31NO4/c1-2-3-4-5-6-14-24-18-9-7-17(8-10-18)19-16-21(13-15-25-19)12-11-20(22)23/h7-10,19H,2-6,11-16H2,1H3,(H,22,23)/t19-/m0/s1. The highest BCUT2D eigenvalue weighted by molar-refractivity contribution is 5.66. The van der Waals surface area contributed by atoms with Gasteiger partial charge in [-0.2, -0.15) is 0 Å². The number of nitrogens with zero attached hydrogens (tertiary/aromatic N) is 1. The molecule has 0 spiro atoms. The summed E-state index contributed by atoms with van der Waals surface area (Å²) in [6, 6.07) is 8.11. The Morgan fingerprint density at radius 2 is 2.00 bits per heavy atom. The zero-order valence-corrected chi connectivity index (χ0v) is 15.3. The van der Waals surface area contributed by atoms with E-state index in [4.69, 9.17) is 14.6 Å². The highest BCUT2D eigenvalue weighted by atomic mass is 16.5. The quantitative estimate of drug-likeness (QED) is 0.614. The van der Waals surface area contributed by atoms with Crippen molar-refractivity contribution in [3.05, 3.63) is 29.8 Å². The zero-order valence-electron chi connectivity index (χ0n) is 15.3. The minimum atomic E-state index is -0.751. The Kier molecular flexibility index (Phi) is 8.77. The van der Waals surface area contributed by atoms with Gasteiger partial charge < -0.3 is 14.6 Å². The minimum absolute atomic E-state index is 0.00522. The molecule has 0 aromatic heterocycles. The van der Waals surface area contributed by atoms with Crippen molar-refractivity contribution in [2.24, 2.45) is 0 Å². The van der Waals surface area contributed by atoms with Gasteiger partial charge in [0.05, 0.1) is 25.7 Å². The first-order valence-corrected chi connectivity index (χ1v) is 9.47. The van der Waals surface area contributed by atoms with Crippen molar-refractivity contribution in [3.8, 4) is 5.75 Å². The van der Waals surface area contributed by atoms with Crippen LogP contribution >= 0.6 is 0 Å². The van der Waals surface area contributed by atoms with Gasteiger partial charge in [0, 0.05) is 19.6 Å². The summed E-state index contributed by atoms with van der Waals surface area (Å²) in [6.07, 6.45) is 6.37. The number of hydrogen-bond acceptors (Lipinski definition) is 4. The molecule has 0 saturated carbocycles. The fourth-order valence-electron chi connectivity index (χ4n) is 3.04. The summed E-state index contributed by atoms with van der Waals surface area (Å²) in [7, 11) is 0. The van der Waals surface area contributed by atoms with E-state index in [1.54, 1.807) is 0 Å². The van der Waals surface area contributed by atoms with Crippen LogP contribution in [0.15, 0.2) is 24.3 Å². The van der Waals surface area contributed by atoms with E-state index in [2.05, 4.69) is 24.0 Å². The van der Waals surface area contributed by atoms with Crippen LogP contribution in [-0.4, -0.2) is 48.8 Å². The topological polar surface area (TPSA) is 59.0 Å². The molecule has 1 saturated heterocycles. The van der Waals surface area contributed by atoms with E-state index in [9.17, 15) is 4.79 Å². The van der Waals surface area contributed by atoms with E-state index >= 15 is 0 Å². The number of rotatable bonds is 11. The van der Waals surface area contributed by atoms with Crippen molar-refractivity contribution in [1.29, 1.82) is 0 Å². The predicted octanol–water partition coefficient (Wildman–Crippen LogP) is 3.88. The number of hydrogen-bond donors (Lipinski definition) is 1. The smallest absolute Gasteiger partial charge is 0.304 e. The van der Waals surface area contributed by atoms with Gasteiger partial charge in [-0.1, -0.05) is 44.7 Å². The number of carboxylic acids is 1. The maximum atomic E-state index is 10.7. The van der Waals surface area contributed by atoms with E-state index in [0.29, 0.717) is 13.2 Å². The molecule has 1 aromatic rings. The van der Waals surface area contributed by atoms with Crippen LogP contribution < -0.4 is 4.74 Å². The summed E-state index contributed by atoms with van der Waals surface area (Å²) in [5, 5.41) is 8.82. The molecule has 5 heteroatoms. The average molecular weight is 349 g/mol. The molecule has 1 aliphatic heterocycles. The van der Waals surface area contributed by atoms with Gasteiger partial charge in [-0.15, -0.1) is 0 Å². The van der Waals surface area contributed by atoms with Crippen molar-refractivity contribution in [3.63, 3.8) is 0 Å². The maximum Gasteiger partial charge on any atom is 0.304 e. The number of carbonyl (C=O) groups is 1. The summed E-state index contributed by atoms with van der Waals surface area (Å²) in [4.78, 5) is 12.9. The fraction of sp³-hybridized carbons (Fsp3) is 0.650. The van der Waals surface area contributed by atoms with Crippen LogP contribution in [0.25, 0.3) is 0 Å². The van der Waals surface area contributed by atoms with Crippen molar-refractivity contribution >= 4 is 5.97 Å². The number of carboxylic acid groups (broad SMARTS) is 1. The lowest BCUT2D eigenvalue weighted by atomic mass is 10.1. The third kappa shape index (κ3) is 7.45. The Balaban J connectivity index is 1.74. The molecule has 0 aliphatic carbocycles. The second kappa shape index (κ2) is 11.1. The molecular formula is C20H31NO4. The Labute approximate surface area is 150 Å². The monoisotopic (exact) mass is 349 g/mol. The second-order valence-electron chi connectivity index (χ2n) is 6.64. The van der Waals surface area contributed by atoms with Gasteiger partial charge in [-0.05, 0) is 24.1 Å². The van der Waals surface area contributed by atoms with Gasteiger partial charge in [0.15, 0.2) is 0 Å². The van der Waals surface area contributed by atoms with Crippen LogP contribution in [-0.2, 0) is 9.53 Å². The highest BCUT2D eigenvalue weighted by Gasteiger charge is 2.22. The van der Waals surface area contributed by atoms with Crippen LogP contribution in [0.5, 0.6) is 5.75 Å². The molecule has 25 heavy (non-hydrogen) atoms. The molecule has 1 aliphatic rings. The first-order chi connectivity index (χ1) is 12.2. The molecule has 0 bridgehead atoms. The Bertz CT molecular complexity index is 503. The summed E-state index contributed by atoms with van der Waals surface area (Å²) >= 11 is 0. The third-order valence-corrected chi connectivity index (χ3v) is 4.56. The SMILES string of the molecule is CCCCCCCOc1ccc([C@@H]2CN(CCC(=O)O)CCO2)cc1. The molecule has 1 atom stereocenters. The van der Waals surface area contributed by atoms with E-state index in [1.165, 1.54) is 25.7 Å². The highest BCUT2D eigenvalue weighted by Crippen LogP contribution is 2.24. The van der Waals surface area contributed by atoms with Gasteiger partial charge in [0.2, 0.25) is 0 Å². The number of unbranched alkanes of at least 4 members (excludes halogenated alkanes) is 4. The largest absolute Gasteiger partial charge is 0.494 e. The summed E-state index contributed by atoms with van der Waals surface area (Å²) in [6.45, 7) is 5.74. The van der Waals surface area contributed by atoms with Gasteiger partial charge >= 0.3 is 5.97 Å². The molecule has 1 fully saturated rings. The molecule has 0 amide bonds. The molecular weight excluding hydrogens is 318 g/mol. The van der Waals surface area contributed by atoms with E-state index < -0.39 is 5.97 Å². The van der Waals surface area contributed by atoms with E-state index in [0.717, 1.165) is 37.4 Å². The van der Waals surface area contributed by atoms with Crippen molar-refractivity contribution in [1.82, 2.24) is 4.90 Å². The minimum Gasteiger partial charge on any atom is -0.494 e. The molecule has 2 rings (SSSR count). The predicted molar refractivity (Wildman–Crippen MR) is 98.1 cm³/mol. The van der Waals surface area contributed by atoms with E-state index in [1.807, 2.05) is 12.1 Å². The van der Waals surface area contributed by atoms with Gasteiger partial charge in [-0.25, -0.2) is 0 Å². The van der Waals surface area contributed by atoms with Crippen LogP contribution in [0, 0.1) is 0 Å². The van der Waals surface area contributed by atoms with Crippen molar-refractivity contribution in [2.75, 3.05) is 32.8 Å². The first kappa shape index (κ1) is 19.7. The molecule has 5 nitrogen and oxygen atoms in total. The molecule has 1 aromatic carbocycles. The van der Waals surface area contributed by atoms with Gasteiger partial charge in [0.1, 0.15) is 5.75 Å². The normalized spacial score (nSPS) is 18.2. The lowest BCUT2D eigenvalue weighted by Gasteiger charge is -2.32. The second-order valence-corrected chi connectivity index (χ2v) is 6.64. The van der Waals surface area contributed by atoms with Crippen LogP contribution in [0.4, 0.5) is 0 Å². The van der Waals surface area contributed by atoms with E-state index in [-0.39, 0.29) is 12.5 Å². The summed E-state index contributed by atoms with van der Waals surface area (Å²) in [5.41, 5.74) is 1.12. The van der Waals surface area contributed by atoms with Gasteiger partial charge in [0.25, 0.3) is 0 Å². The number of aliphatic carboxylic acids is 1. The summed E-state index contributed by atoms with van der Waals surface area (Å²) < 4.78 is 11.6. The Hall–Kier alpha value is -1.59. The average Bonchev–Trinajstić information content (AvgIpc) is 2.64. The molecule has 140 valence electrons.